The molecule has 0 saturated carbocycles. The van der Waals surface area contributed by atoms with Crippen LogP contribution < -0.4 is 10.1 Å². The molecular weight excluding hydrogens is 334 g/mol. The van der Waals surface area contributed by atoms with E-state index in [1.807, 2.05) is 6.07 Å². The predicted molar refractivity (Wildman–Crippen MR) is 99.4 cm³/mol. The second kappa shape index (κ2) is 12.7. The van der Waals surface area contributed by atoms with E-state index < -0.39 is 0 Å². The Bertz CT molecular complexity index is 558. The largest absolute Gasteiger partial charge is 0.497 e. The maximum atomic E-state index is 5.72. The van der Waals surface area contributed by atoms with E-state index in [0.717, 1.165) is 18.7 Å². The summed E-state index contributed by atoms with van der Waals surface area (Å²) in [6.07, 6.45) is 6.02. The second-order valence-electron chi connectivity index (χ2n) is 5.97. The average molecular weight is 363 g/mol. The molecule has 0 fully saturated rings. The summed E-state index contributed by atoms with van der Waals surface area (Å²) in [5.74, 6) is 3.31. The molecular formula is C20H29NO5. The number of ether oxygens (including phenoxy) is 5. The van der Waals surface area contributed by atoms with E-state index in [9.17, 15) is 0 Å². The summed E-state index contributed by atoms with van der Waals surface area (Å²) in [5.41, 5.74) is 2.66. The molecule has 1 atom stereocenters. The Hall–Kier alpha value is -1.62. The first-order chi connectivity index (χ1) is 12.8. The highest BCUT2D eigenvalue weighted by atomic mass is 16.6. The zero-order chi connectivity index (χ0) is 18.5. The van der Waals surface area contributed by atoms with E-state index in [4.69, 9.17) is 30.1 Å². The Kier molecular flexibility index (Phi) is 10.1. The van der Waals surface area contributed by atoms with Gasteiger partial charge in [0.1, 0.15) is 12.4 Å². The van der Waals surface area contributed by atoms with Gasteiger partial charge in [-0.25, -0.2) is 0 Å². The number of hydrogen-bond acceptors (Lipinski definition) is 6. The molecule has 1 unspecified atom stereocenters. The molecule has 1 N–H and O–H groups in total. The molecule has 1 heterocycles. The van der Waals surface area contributed by atoms with E-state index in [-0.39, 0.29) is 0 Å². The Labute approximate surface area is 156 Å². The highest BCUT2D eigenvalue weighted by molar-refractivity contribution is 5.37. The first-order valence-corrected chi connectivity index (χ1v) is 8.97. The van der Waals surface area contributed by atoms with Crippen molar-refractivity contribution in [2.24, 2.45) is 0 Å². The molecule has 0 radical (unpaired) electrons. The van der Waals surface area contributed by atoms with Gasteiger partial charge in [0, 0.05) is 12.6 Å². The van der Waals surface area contributed by atoms with Crippen molar-refractivity contribution in [2.45, 2.75) is 19.0 Å². The topological polar surface area (TPSA) is 58.2 Å². The van der Waals surface area contributed by atoms with Crippen LogP contribution in [0.3, 0.4) is 0 Å². The fourth-order valence-electron chi connectivity index (χ4n) is 2.72. The Morgan fingerprint density at radius 1 is 1.00 bits per heavy atom. The normalized spacial score (nSPS) is 16.1. The van der Waals surface area contributed by atoms with Gasteiger partial charge in [-0.2, -0.15) is 0 Å². The molecule has 0 amide bonds. The van der Waals surface area contributed by atoms with Crippen molar-refractivity contribution in [3.05, 3.63) is 29.3 Å². The summed E-state index contributed by atoms with van der Waals surface area (Å²) < 4.78 is 27.0. The SMILES string of the molecule is C#CCOCCOCCOCCOCC1Cc2cc(OC)ccc2CN1. The molecule has 26 heavy (non-hydrogen) atoms. The van der Waals surface area contributed by atoms with Crippen molar-refractivity contribution in [3.63, 3.8) is 0 Å². The molecule has 6 nitrogen and oxygen atoms in total. The molecule has 1 aromatic carbocycles. The van der Waals surface area contributed by atoms with Gasteiger partial charge in [0.25, 0.3) is 0 Å². The molecule has 6 heteroatoms. The van der Waals surface area contributed by atoms with Crippen molar-refractivity contribution in [1.82, 2.24) is 5.32 Å². The monoisotopic (exact) mass is 363 g/mol. The van der Waals surface area contributed by atoms with Crippen molar-refractivity contribution in [2.75, 3.05) is 60.0 Å². The molecule has 0 aliphatic carbocycles. The number of rotatable bonds is 13. The van der Waals surface area contributed by atoms with Gasteiger partial charge >= 0.3 is 0 Å². The number of benzene rings is 1. The summed E-state index contributed by atoms with van der Waals surface area (Å²) >= 11 is 0. The molecule has 1 aromatic rings. The molecule has 0 bridgehead atoms. The van der Waals surface area contributed by atoms with E-state index in [1.165, 1.54) is 11.1 Å². The van der Waals surface area contributed by atoms with Crippen LogP contribution in [-0.4, -0.2) is 66.0 Å². The van der Waals surface area contributed by atoms with Gasteiger partial charge in [0.2, 0.25) is 0 Å². The highest BCUT2D eigenvalue weighted by Gasteiger charge is 2.18. The van der Waals surface area contributed by atoms with Crippen LogP contribution in [0, 0.1) is 12.3 Å². The van der Waals surface area contributed by atoms with Crippen LogP contribution in [-0.2, 0) is 31.9 Å². The smallest absolute Gasteiger partial charge is 0.119 e. The number of nitrogens with one attached hydrogen (secondary N) is 1. The third-order valence-corrected chi connectivity index (χ3v) is 4.08. The van der Waals surface area contributed by atoms with Crippen molar-refractivity contribution < 1.29 is 23.7 Å². The molecule has 1 aliphatic heterocycles. The summed E-state index contributed by atoms with van der Waals surface area (Å²) in [5, 5.41) is 3.50. The minimum Gasteiger partial charge on any atom is -0.497 e. The quantitative estimate of drug-likeness (QED) is 0.422. The van der Waals surface area contributed by atoms with Gasteiger partial charge in [-0.05, 0) is 29.7 Å². The van der Waals surface area contributed by atoms with Gasteiger partial charge in [0.05, 0.1) is 53.4 Å². The lowest BCUT2D eigenvalue weighted by Gasteiger charge is -2.26. The average Bonchev–Trinajstić information content (AvgIpc) is 2.68. The summed E-state index contributed by atoms with van der Waals surface area (Å²) in [4.78, 5) is 0. The highest BCUT2D eigenvalue weighted by Crippen LogP contribution is 2.22. The van der Waals surface area contributed by atoms with E-state index in [1.54, 1.807) is 7.11 Å². The minimum atomic E-state index is 0.320. The number of hydrogen-bond donors (Lipinski definition) is 1. The zero-order valence-corrected chi connectivity index (χ0v) is 15.5. The van der Waals surface area contributed by atoms with Gasteiger partial charge in [-0.15, -0.1) is 6.42 Å². The molecule has 0 spiro atoms. The van der Waals surface area contributed by atoms with Gasteiger partial charge in [-0.1, -0.05) is 12.0 Å². The van der Waals surface area contributed by atoms with Crippen LogP contribution in [0.5, 0.6) is 5.75 Å². The maximum absolute atomic E-state index is 5.72. The van der Waals surface area contributed by atoms with Crippen LogP contribution in [0.25, 0.3) is 0 Å². The van der Waals surface area contributed by atoms with Gasteiger partial charge in [0.15, 0.2) is 0 Å². The standard InChI is InChI=1S/C20H29NO5/c1-3-6-23-7-8-24-9-10-25-11-12-26-16-19-13-18-14-20(22-2)5-4-17(18)15-21-19/h1,4-5,14,19,21H,6-13,15-16H2,2H3. The van der Waals surface area contributed by atoms with Crippen LogP contribution in [0.15, 0.2) is 18.2 Å². The first-order valence-electron chi connectivity index (χ1n) is 8.97. The number of methoxy groups -OCH3 is 1. The Morgan fingerprint density at radius 3 is 2.38 bits per heavy atom. The third kappa shape index (κ3) is 7.73. The summed E-state index contributed by atoms with van der Waals surface area (Å²) in [7, 11) is 1.70. The molecule has 2 rings (SSSR count). The summed E-state index contributed by atoms with van der Waals surface area (Å²) in [6.45, 7) is 5.14. The van der Waals surface area contributed by atoms with Gasteiger partial charge < -0.3 is 29.0 Å². The van der Waals surface area contributed by atoms with Crippen LogP contribution in [0.4, 0.5) is 0 Å². The first kappa shape index (κ1) is 20.7. The molecule has 144 valence electrons. The van der Waals surface area contributed by atoms with Crippen molar-refractivity contribution in [1.29, 1.82) is 0 Å². The fourth-order valence-corrected chi connectivity index (χ4v) is 2.72. The Balaban J connectivity index is 1.46. The maximum Gasteiger partial charge on any atom is 0.119 e. The molecule has 0 saturated heterocycles. The van der Waals surface area contributed by atoms with Crippen molar-refractivity contribution in [3.8, 4) is 18.1 Å². The second-order valence-corrected chi connectivity index (χ2v) is 5.97. The lowest BCUT2D eigenvalue weighted by Crippen LogP contribution is -2.39. The zero-order valence-electron chi connectivity index (χ0n) is 15.5. The fraction of sp³-hybridized carbons (Fsp3) is 0.600. The van der Waals surface area contributed by atoms with Crippen LogP contribution in [0.1, 0.15) is 11.1 Å². The van der Waals surface area contributed by atoms with E-state index in [0.29, 0.717) is 58.9 Å². The number of fused-ring (bicyclic) bond motifs is 1. The van der Waals surface area contributed by atoms with Crippen LogP contribution in [0.2, 0.25) is 0 Å². The Morgan fingerprint density at radius 2 is 1.69 bits per heavy atom. The van der Waals surface area contributed by atoms with Gasteiger partial charge in [-0.3, -0.25) is 0 Å². The lowest BCUT2D eigenvalue weighted by molar-refractivity contribution is -0.00154. The third-order valence-electron chi connectivity index (χ3n) is 4.08. The minimum absolute atomic E-state index is 0.320. The number of terminal acetylenes is 1. The molecule has 0 aromatic heterocycles. The summed E-state index contributed by atoms with van der Waals surface area (Å²) in [6, 6.07) is 6.56. The van der Waals surface area contributed by atoms with Crippen LogP contribution >= 0.6 is 0 Å². The van der Waals surface area contributed by atoms with E-state index >= 15 is 0 Å². The lowest BCUT2D eigenvalue weighted by atomic mass is 9.96. The molecule has 1 aliphatic rings. The van der Waals surface area contributed by atoms with E-state index in [2.05, 4.69) is 23.4 Å². The van der Waals surface area contributed by atoms with Crippen molar-refractivity contribution >= 4 is 0 Å². The predicted octanol–water partition coefficient (Wildman–Crippen LogP) is 1.41.